The van der Waals surface area contributed by atoms with E-state index in [1.54, 1.807) is 17.0 Å². The van der Waals surface area contributed by atoms with E-state index in [0.29, 0.717) is 19.6 Å². The van der Waals surface area contributed by atoms with Crippen LogP contribution in [-0.4, -0.2) is 29.9 Å². The number of carbonyl (C=O) groups excluding carboxylic acids is 2. The maximum atomic E-state index is 13.0. The number of nitrogens with one attached hydrogen (secondary N) is 2. The molecule has 0 saturated carbocycles. The summed E-state index contributed by atoms with van der Waals surface area (Å²) in [5, 5.41) is 5.84. The summed E-state index contributed by atoms with van der Waals surface area (Å²) in [7, 11) is 0. The molecule has 1 saturated heterocycles. The van der Waals surface area contributed by atoms with E-state index >= 15 is 0 Å². The Morgan fingerprint density at radius 3 is 2.64 bits per heavy atom. The van der Waals surface area contributed by atoms with Gasteiger partial charge in [-0.25, -0.2) is 9.18 Å². The summed E-state index contributed by atoms with van der Waals surface area (Å²) in [5.41, 5.74) is 2.00. The fourth-order valence-corrected chi connectivity index (χ4v) is 3.52. The first-order valence-corrected chi connectivity index (χ1v) is 9.51. The van der Waals surface area contributed by atoms with Gasteiger partial charge in [0.05, 0.1) is 5.41 Å². The standard InChI is InChI=1S/C22H26FN3O2/c1-16-5-3-6-19(13-16)25-21(28)26-12-4-11-22(2,15-26)20(27)24-14-17-7-9-18(23)10-8-17/h3,5-10,13H,4,11-12,14-15H2,1-2H3,(H,24,27)(H,25,28)/t22-/m1/s1. The summed E-state index contributed by atoms with van der Waals surface area (Å²) in [6, 6.07) is 13.5. The smallest absolute Gasteiger partial charge is 0.321 e. The lowest BCUT2D eigenvalue weighted by molar-refractivity contribution is -0.132. The van der Waals surface area contributed by atoms with Crippen LogP contribution in [0.15, 0.2) is 48.5 Å². The van der Waals surface area contributed by atoms with Crippen molar-refractivity contribution in [1.82, 2.24) is 10.2 Å². The van der Waals surface area contributed by atoms with Gasteiger partial charge in [0.2, 0.25) is 5.91 Å². The second kappa shape index (κ2) is 8.42. The minimum Gasteiger partial charge on any atom is -0.351 e. The Bertz CT molecular complexity index is 853. The third-order valence-electron chi connectivity index (χ3n) is 5.17. The average Bonchev–Trinajstić information content (AvgIpc) is 2.67. The number of anilines is 1. The minimum absolute atomic E-state index is 0.0927. The molecule has 3 rings (SSSR count). The lowest BCUT2D eigenvalue weighted by atomic mass is 9.81. The maximum Gasteiger partial charge on any atom is 0.321 e. The number of rotatable bonds is 4. The van der Waals surface area contributed by atoms with Crippen LogP contribution in [0.2, 0.25) is 0 Å². The van der Waals surface area contributed by atoms with Crippen molar-refractivity contribution in [2.45, 2.75) is 33.2 Å². The number of urea groups is 1. The van der Waals surface area contributed by atoms with Crippen LogP contribution in [0.5, 0.6) is 0 Å². The van der Waals surface area contributed by atoms with Gasteiger partial charge in [-0.2, -0.15) is 0 Å². The van der Waals surface area contributed by atoms with E-state index in [9.17, 15) is 14.0 Å². The molecule has 1 fully saturated rings. The van der Waals surface area contributed by atoms with Crippen LogP contribution in [0.25, 0.3) is 0 Å². The second-order valence-electron chi connectivity index (χ2n) is 7.69. The molecule has 0 bridgehead atoms. The topological polar surface area (TPSA) is 61.4 Å². The highest BCUT2D eigenvalue weighted by molar-refractivity contribution is 5.90. The van der Waals surface area contributed by atoms with Crippen molar-refractivity contribution in [3.05, 3.63) is 65.5 Å². The van der Waals surface area contributed by atoms with Crippen LogP contribution in [-0.2, 0) is 11.3 Å². The van der Waals surface area contributed by atoms with Crippen molar-refractivity contribution in [3.63, 3.8) is 0 Å². The normalized spacial score (nSPS) is 19.2. The molecule has 148 valence electrons. The van der Waals surface area contributed by atoms with Gasteiger partial charge < -0.3 is 15.5 Å². The van der Waals surface area contributed by atoms with E-state index in [2.05, 4.69) is 10.6 Å². The van der Waals surface area contributed by atoms with Crippen LogP contribution >= 0.6 is 0 Å². The van der Waals surface area contributed by atoms with Gasteiger partial charge in [0.25, 0.3) is 0 Å². The van der Waals surface area contributed by atoms with Gasteiger partial charge in [-0.05, 0) is 62.1 Å². The summed E-state index contributed by atoms with van der Waals surface area (Å²) in [6.07, 6.45) is 1.48. The van der Waals surface area contributed by atoms with Gasteiger partial charge in [-0.15, -0.1) is 0 Å². The van der Waals surface area contributed by atoms with Crippen molar-refractivity contribution in [1.29, 1.82) is 0 Å². The second-order valence-corrected chi connectivity index (χ2v) is 7.69. The van der Waals surface area contributed by atoms with Gasteiger partial charge in [-0.1, -0.05) is 24.3 Å². The quantitative estimate of drug-likeness (QED) is 0.836. The third kappa shape index (κ3) is 4.88. The van der Waals surface area contributed by atoms with E-state index in [0.717, 1.165) is 29.7 Å². The summed E-state index contributed by atoms with van der Waals surface area (Å²) in [5.74, 6) is -0.394. The molecular weight excluding hydrogens is 357 g/mol. The molecule has 0 aliphatic carbocycles. The average molecular weight is 383 g/mol. The highest BCUT2D eigenvalue weighted by Gasteiger charge is 2.39. The number of aryl methyl sites for hydroxylation is 1. The summed E-state index contributed by atoms with van der Waals surface area (Å²) >= 11 is 0. The number of benzene rings is 2. The number of nitrogens with zero attached hydrogens (tertiary/aromatic N) is 1. The molecule has 1 heterocycles. The molecule has 5 nitrogen and oxygen atoms in total. The fraction of sp³-hybridized carbons (Fsp3) is 0.364. The van der Waals surface area contributed by atoms with Gasteiger partial charge >= 0.3 is 6.03 Å². The van der Waals surface area contributed by atoms with Crippen molar-refractivity contribution in [2.75, 3.05) is 18.4 Å². The van der Waals surface area contributed by atoms with Gasteiger partial charge in [0.15, 0.2) is 0 Å². The minimum atomic E-state index is -0.651. The van der Waals surface area contributed by atoms with Crippen molar-refractivity contribution in [3.8, 4) is 0 Å². The first-order valence-electron chi connectivity index (χ1n) is 9.51. The van der Waals surface area contributed by atoms with Gasteiger partial charge in [-0.3, -0.25) is 4.79 Å². The molecule has 2 N–H and O–H groups in total. The Kier molecular flexibility index (Phi) is 5.97. The number of carbonyl (C=O) groups is 2. The largest absolute Gasteiger partial charge is 0.351 e. The van der Waals surface area contributed by atoms with Crippen molar-refractivity contribution >= 4 is 17.6 Å². The Morgan fingerprint density at radius 1 is 1.18 bits per heavy atom. The zero-order valence-electron chi connectivity index (χ0n) is 16.3. The molecule has 1 aliphatic heterocycles. The molecule has 28 heavy (non-hydrogen) atoms. The molecule has 0 radical (unpaired) electrons. The van der Waals surface area contributed by atoms with E-state index in [4.69, 9.17) is 0 Å². The molecule has 1 aliphatic rings. The SMILES string of the molecule is Cc1cccc(NC(=O)N2CCC[C@@](C)(C(=O)NCc3ccc(F)cc3)C2)c1. The Hall–Kier alpha value is -2.89. The monoisotopic (exact) mass is 383 g/mol. The zero-order chi connectivity index (χ0) is 20.1. The molecule has 2 aromatic carbocycles. The lowest BCUT2D eigenvalue weighted by Gasteiger charge is -2.39. The first-order chi connectivity index (χ1) is 13.4. The maximum absolute atomic E-state index is 13.0. The van der Waals surface area contributed by atoms with Crippen molar-refractivity contribution < 1.29 is 14.0 Å². The molecule has 1 atom stereocenters. The van der Waals surface area contributed by atoms with E-state index < -0.39 is 5.41 Å². The Labute approximate surface area is 164 Å². The predicted octanol–water partition coefficient (Wildman–Crippen LogP) is 4.08. The zero-order valence-corrected chi connectivity index (χ0v) is 16.3. The Balaban J connectivity index is 1.59. The van der Waals surface area contributed by atoms with Crippen LogP contribution in [0.4, 0.5) is 14.9 Å². The number of likely N-dealkylation sites (tertiary alicyclic amines) is 1. The number of hydrogen-bond donors (Lipinski definition) is 2. The molecule has 0 spiro atoms. The van der Waals surface area contributed by atoms with Crippen LogP contribution in [0.3, 0.4) is 0 Å². The van der Waals surface area contributed by atoms with Crippen LogP contribution in [0, 0.1) is 18.2 Å². The third-order valence-corrected chi connectivity index (χ3v) is 5.17. The summed E-state index contributed by atoms with van der Waals surface area (Å²) in [6.45, 7) is 5.18. The summed E-state index contributed by atoms with van der Waals surface area (Å²) in [4.78, 5) is 27.1. The van der Waals surface area contributed by atoms with E-state index in [1.165, 1.54) is 12.1 Å². The first kappa shape index (κ1) is 19.9. The molecular formula is C22H26FN3O2. The molecule has 6 heteroatoms. The summed E-state index contributed by atoms with van der Waals surface area (Å²) < 4.78 is 13.0. The highest BCUT2D eigenvalue weighted by Crippen LogP contribution is 2.30. The van der Waals surface area contributed by atoms with E-state index in [-0.39, 0.29) is 17.8 Å². The lowest BCUT2D eigenvalue weighted by Crippen LogP contribution is -2.52. The number of amides is 3. The van der Waals surface area contributed by atoms with Crippen molar-refractivity contribution in [2.24, 2.45) is 5.41 Å². The molecule has 3 amide bonds. The van der Waals surface area contributed by atoms with Crippen LogP contribution < -0.4 is 10.6 Å². The highest BCUT2D eigenvalue weighted by atomic mass is 19.1. The van der Waals surface area contributed by atoms with Gasteiger partial charge in [0.1, 0.15) is 5.82 Å². The van der Waals surface area contributed by atoms with Gasteiger partial charge in [0, 0.05) is 25.3 Å². The number of halogens is 1. The van der Waals surface area contributed by atoms with E-state index in [1.807, 2.05) is 38.1 Å². The number of hydrogen-bond acceptors (Lipinski definition) is 2. The molecule has 2 aromatic rings. The van der Waals surface area contributed by atoms with Crippen LogP contribution in [0.1, 0.15) is 30.9 Å². The number of piperidine rings is 1. The molecule has 0 aromatic heterocycles. The molecule has 0 unspecified atom stereocenters. The fourth-order valence-electron chi connectivity index (χ4n) is 3.52. The Morgan fingerprint density at radius 2 is 1.93 bits per heavy atom. The predicted molar refractivity (Wildman–Crippen MR) is 107 cm³/mol.